The molecule has 1 aliphatic rings. The molecule has 3 heterocycles. The Labute approximate surface area is 196 Å². The maximum atomic E-state index is 10.5. The number of benzene rings is 1. The largest absolute Gasteiger partial charge is 0.506 e. The van der Waals surface area contributed by atoms with Crippen LogP contribution < -0.4 is 5.32 Å². The maximum absolute atomic E-state index is 10.5. The van der Waals surface area contributed by atoms with Crippen molar-refractivity contribution < 1.29 is 10.2 Å². The summed E-state index contributed by atoms with van der Waals surface area (Å²) in [6.45, 7) is 13.3. The molecule has 4 rings (SSSR count). The third-order valence-corrected chi connectivity index (χ3v) is 6.73. The van der Waals surface area contributed by atoms with Crippen LogP contribution in [0.3, 0.4) is 0 Å². The van der Waals surface area contributed by atoms with Crippen LogP contribution >= 0.6 is 0 Å². The van der Waals surface area contributed by atoms with E-state index in [0.29, 0.717) is 24.8 Å². The zero-order valence-corrected chi connectivity index (χ0v) is 20.5. The van der Waals surface area contributed by atoms with Crippen molar-refractivity contribution in [2.75, 3.05) is 25.0 Å². The van der Waals surface area contributed by atoms with Gasteiger partial charge in [0.2, 0.25) is 5.95 Å². The summed E-state index contributed by atoms with van der Waals surface area (Å²) in [7, 11) is 0. The summed E-state index contributed by atoms with van der Waals surface area (Å²) >= 11 is 0. The molecule has 0 bridgehead atoms. The average molecular weight is 452 g/mol. The average Bonchev–Trinajstić information content (AvgIpc) is 3.10. The minimum absolute atomic E-state index is 0.104. The van der Waals surface area contributed by atoms with E-state index in [1.165, 1.54) is 0 Å². The molecule has 0 amide bonds. The number of anilines is 1. The predicted molar refractivity (Wildman–Crippen MR) is 133 cm³/mol. The Hall–Kier alpha value is -2.64. The van der Waals surface area contributed by atoms with Gasteiger partial charge in [-0.2, -0.15) is 0 Å². The summed E-state index contributed by atoms with van der Waals surface area (Å²) < 4.78 is 2.12. The van der Waals surface area contributed by atoms with Gasteiger partial charge in [-0.3, -0.25) is 4.98 Å². The second-order valence-electron chi connectivity index (χ2n) is 10.5. The van der Waals surface area contributed by atoms with Gasteiger partial charge < -0.3 is 25.0 Å². The molecular formula is C26H37N5O2. The number of aryl methyl sites for hydroxylation is 2. The fourth-order valence-corrected chi connectivity index (χ4v) is 4.39. The van der Waals surface area contributed by atoms with Gasteiger partial charge in [-0.25, -0.2) is 4.98 Å². The van der Waals surface area contributed by atoms with Gasteiger partial charge in [-0.05, 0) is 55.9 Å². The molecule has 178 valence electrons. The van der Waals surface area contributed by atoms with Crippen LogP contribution in [0.4, 0.5) is 5.95 Å². The molecule has 0 radical (unpaired) electrons. The summed E-state index contributed by atoms with van der Waals surface area (Å²) in [4.78, 5) is 11.9. The molecule has 0 saturated carbocycles. The Kier molecular flexibility index (Phi) is 6.64. The molecule has 1 aromatic carbocycles. The maximum Gasteiger partial charge on any atom is 0.204 e. The first kappa shape index (κ1) is 23.5. The topological polar surface area (TPSA) is 86.4 Å². The number of piperidine rings is 1. The number of fused-ring (bicyclic) bond motifs is 1. The number of β-amino-alcohol motifs (C(OH)–C–C–N with tert-alkyl or cyclic N) is 1. The second-order valence-corrected chi connectivity index (χ2v) is 10.5. The molecule has 3 N–H and O–H groups in total. The van der Waals surface area contributed by atoms with Crippen LogP contribution in [0.25, 0.3) is 11.0 Å². The fraction of sp³-hybridized carbons (Fsp3) is 0.538. The molecule has 3 aromatic rings. The molecule has 1 atom stereocenters. The summed E-state index contributed by atoms with van der Waals surface area (Å²) in [5, 5.41) is 24.5. The molecular weight excluding hydrogens is 414 g/mol. The Morgan fingerprint density at radius 3 is 2.52 bits per heavy atom. The number of likely N-dealkylation sites (tertiary alicyclic amines) is 1. The number of pyridine rings is 1. The van der Waals surface area contributed by atoms with Gasteiger partial charge in [0, 0.05) is 31.4 Å². The number of nitrogens with one attached hydrogen (secondary N) is 1. The third-order valence-electron chi connectivity index (χ3n) is 6.73. The first-order chi connectivity index (χ1) is 15.6. The molecule has 0 aliphatic carbocycles. The molecule has 33 heavy (non-hydrogen) atoms. The Morgan fingerprint density at radius 2 is 1.82 bits per heavy atom. The van der Waals surface area contributed by atoms with Gasteiger partial charge in [0.05, 0.1) is 23.7 Å². The highest BCUT2D eigenvalue weighted by molar-refractivity contribution is 5.82. The van der Waals surface area contributed by atoms with Crippen molar-refractivity contribution in [2.45, 2.75) is 66.2 Å². The van der Waals surface area contributed by atoms with Crippen molar-refractivity contribution in [3.8, 4) is 5.75 Å². The van der Waals surface area contributed by atoms with Gasteiger partial charge >= 0.3 is 0 Å². The minimum Gasteiger partial charge on any atom is -0.506 e. The summed E-state index contributed by atoms with van der Waals surface area (Å²) in [6.07, 6.45) is 1.66. The first-order valence-corrected chi connectivity index (χ1v) is 11.9. The normalized spacial score (nSPS) is 16.9. The Balaban J connectivity index is 1.53. The van der Waals surface area contributed by atoms with Crippen molar-refractivity contribution in [2.24, 2.45) is 5.41 Å². The quantitative estimate of drug-likeness (QED) is 0.523. The van der Waals surface area contributed by atoms with E-state index >= 15 is 0 Å². The highest BCUT2D eigenvalue weighted by Crippen LogP contribution is 2.28. The molecule has 1 saturated heterocycles. The smallest absolute Gasteiger partial charge is 0.204 e. The lowest BCUT2D eigenvalue weighted by Crippen LogP contribution is -2.45. The summed E-state index contributed by atoms with van der Waals surface area (Å²) in [5.41, 5.74) is 4.55. The number of hydrogen-bond acceptors (Lipinski definition) is 6. The van der Waals surface area contributed by atoms with E-state index in [2.05, 4.69) is 59.6 Å². The fourth-order valence-electron chi connectivity index (χ4n) is 4.39. The first-order valence-electron chi connectivity index (χ1n) is 11.9. The third kappa shape index (κ3) is 5.31. The van der Waals surface area contributed by atoms with Crippen LogP contribution in [0.2, 0.25) is 0 Å². The molecule has 2 aromatic heterocycles. The molecule has 7 nitrogen and oxygen atoms in total. The molecule has 1 fully saturated rings. The van der Waals surface area contributed by atoms with E-state index < -0.39 is 0 Å². The molecule has 7 heteroatoms. The van der Waals surface area contributed by atoms with Crippen molar-refractivity contribution in [3.05, 3.63) is 47.3 Å². The van der Waals surface area contributed by atoms with Crippen LogP contribution in [0.5, 0.6) is 5.75 Å². The van der Waals surface area contributed by atoms with E-state index in [4.69, 9.17) is 4.98 Å². The number of rotatable bonds is 6. The van der Waals surface area contributed by atoms with E-state index in [0.717, 1.165) is 54.2 Å². The van der Waals surface area contributed by atoms with Gasteiger partial charge in [0.1, 0.15) is 11.4 Å². The van der Waals surface area contributed by atoms with Crippen molar-refractivity contribution in [1.29, 1.82) is 0 Å². The number of para-hydroxylation sites is 1. The Morgan fingerprint density at radius 1 is 1.09 bits per heavy atom. The SMILES string of the molecule is Cc1ccc(O)c(Cn2c(NC3CCN(CC(O)C(C)(C)C)CC3)nc3c(C)cccc32)n1. The van der Waals surface area contributed by atoms with Gasteiger partial charge in [-0.1, -0.05) is 32.9 Å². The highest BCUT2D eigenvalue weighted by Gasteiger charge is 2.27. The minimum atomic E-state index is -0.330. The molecule has 1 unspecified atom stereocenters. The number of aliphatic hydroxyl groups excluding tert-OH is 1. The van der Waals surface area contributed by atoms with E-state index in [-0.39, 0.29) is 17.3 Å². The summed E-state index contributed by atoms with van der Waals surface area (Å²) in [5.74, 6) is 1.02. The number of imidazole rings is 1. The van der Waals surface area contributed by atoms with Crippen LogP contribution in [0.15, 0.2) is 30.3 Å². The van der Waals surface area contributed by atoms with E-state index in [1.807, 2.05) is 19.1 Å². The lowest BCUT2D eigenvalue weighted by molar-refractivity contribution is 0.0226. The lowest BCUT2D eigenvalue weighted by Gasteiger charge is -2.36. The summed E-state index contributed by atoms with van der Waals surface area (Å²) in [6, 6.07) is 10.0. The predicted octanol–water partition coefficient (Wildman–Crippen LogP) is 4.09. The van der Waals surface area contributed by atoms with Gasteiger partial charge in [-0.15, -0.1) is 0 Å². The zero-order valence-electron chi connectivity index (χ0n) is 20.5. The number of aliphatic hydroxyl groups is 1. The lowest BCUT2D eigenvalue weighted by atomic mass is 9.88. The highest BCUT2D eigenvalue weighted by atomic mass is 16.3. The van der Waals surface area contributed by atoms with Gasteiger partial charge in [0.25, 0.3) is 0 Å². The zero-order chi connectivity index (χ0) is 23.8. The Bertz CT molecular complexity index is 1110. The van der Waals surface area contributed by atoms with E-state index in [9.17, 15) is 10.2 Å². The number of aromatic hydroxyl groups is 1. The molecule has 0 spiro atoms. The second kappa shape index (κ2) is 9.31. The number of aromatic nitrogens is 3. The van der Waals surface area contributed by atoms with Crippen LogP contribution in [-0.2, 0) is 6.54 Å². The van der Waals surface area contributed by atoms with Crippen molar-refractivity contribution in [1.82, 2.24) is 19.4 Å². The van der Waals surface area contributed by atoms with Gasteiger partial charge in [0.15, 0.2) is 0 Å². The number of hydrogen-bond donors (Lipinski definition) is 3. The standard InChI is InChI=1S/C26H37N5O2/c1-17-7-6-8-21-24(17)29-25(31(21)15-20-22(32)10-9-18(2)27-20)28-19-11-13-30(14-12-19)16-23(33)26(3,4)5/h6-10,19,23,32-33H,11-16H2,1-5H3,(H,28,29). The van der Waals surface area contributed by atoms with Crippen LogP contribution in [-0.4, -0.2) is 61.4 Å². The number of nitrogens with zero attached hydrogens (tertiary/aromatic N) is 4. The van der Waals surface area contributed by atoms with E-state index in [1.54, 1.807) is 6.07 Å². The van der Waals surface area contributed by atoms with Crippen LogP contribution in [0, 0.1) is 19.3 Å². The monoisotopic (exact) mass is 451 g/mol. The molecule has 1 aliphatic heterocycles. The van der Waals surface area contributed by atoms with Crippen LogP contribution in [0.1, 0.15) is 50.6 Å². The van der Waals surface area contributed by atoms with Crippen molar-refractivity contribution in [3.63, 3.8) is 0 Å². The van der Waals surface area contributed by atoms with Crippen molar-refractivity contribution >= 4 is 17.0 Å².